The lowest BCUT2D eigenvalue weighted by Gasteiger charge is -2.10. The van der Waals surface area contributed by atoms with Crippen LogP contribution in [0.5, 0.6) is 0 Å². The highest BCUT2D eigenvalue weighted by Crippen LogP contribution is 2.36. The molecule has 5 aromatic rings. The third kappa shape index (κ3) is 3.72. The van der Waals surface area contributed by atoms with Gasteiger partial charge in [-0.15, -0.1) is 11.3 Å². The van der Waals surface area contributed by atoms with Crippen molar-refractivity contribution >= 4 is 55.5 Å². The number of nitrogens with zero attached hydrogens (tertiary/aromatic N) is 1. The molecule has 0 saturated carbocycles. The molecule has 0 bridgehead atoms. The monoisotopic (exact) mass is 472 g/mol. The van der Waals surface area contributed by atoms with E-state index in [2.05, 4.69) is 10.3 Å². The Hall–Kier alpha value is -3.36. The number of hydrogen-bond donors (Lipinski definition) is 1. The number of halogens is 4. The standard InChI is InChI=1S/C23H12ClF3N2O2S/c24-17-7-6-13(23(25,26)27)9-18(17)28-22-29-19(11-32-22)16-10-15-14-4-2-1-3-12(14)5-8-20(15)31-21(16)30/h1-11H,(H,28,29). The Morgan fingerprint density at radius 3 is 2.62 bits per heavy atom. The van der Waals surface area contributed by atoms with E-state index >= 15 is 0 Å². The van der Waals surface area contributed by atoms with Gasteiger partial charge >= 0.3 is 11.8 Å². The van der Waals surface area contributed by atoms with E-state index < -0.39 is 17.4 Å². The fourth-order valence-electron chi connectivity index (χ4n) is 3.42. The van der Waals surface area contributed by atoms with Gasteiger partial charge in [-0.3, -0.25) is 0 Å². The van der Waals surface area contributed by atoms with Crippen molar-refractivity contribution in [1.82, 2.24) is 4.98 Å². The van der Waals surface area contributed by atoms with Gasteiger partial charge in [0.2, 0.25) is 0 Å². The highest BCUT2D eigenvalue weighted by atomic mass is 35.5. The Kier molecular flexibility index (Phi) is 4.91. The first-order chi connectivity index (χ1) is 15.3. The number of aromatic nitrogens is 1. The number of nitrogens with one attached hydrogen (secondary N) is 1. The third-order valence-corrected chi connectivity index (χ3v) is 6.04. The van der Waals surface area contributed by atoms with Crippen LogP contribution in [0.4, 0.5) is 24.0 Å². The SMILES string of the molecule is O=c1oc2ccc3ccccc3c2cc1-c1csc(Nc2cc(C(F)(F)F)ccc2Cl)n1. The summed E-state index contributed by atoms with van der Waals surface area (Å²) in [7, 11) is 0. The molecule has 5 rings (SSSR count). The summed E-state index contributed by atoms with van der Waals surface area (Å²) in [5.74, 6) is 0. The lowest BCUT2D eigenvalue weighted by atomic mass is 10.0. The predicted molar refractivity (Wildman–Crippen MR) is 121 cm³/mol. The minimum absolute atomic E-state index is 0.0685. The molecule has 3 aromatic carbocycles. The maximum atomic E-state index is 13.0. The first-order valence-corrected chi connectivity index (χ1v) is 10.6. The molecule has 4 nitrogen and oxygen atoms in total. The van der Waals surface area contributed by atoms with Crippen LogP contribution in [0.2, 0.25) is 5.02 Å². The fourth-order valence-corrected chi connectivity index (χ4v) is 4.31. The Balaban J connectivity index is 1.55. The molecule has 0 aliphatic carbocycles. The van der Waals surface area contributed by atoms with Crippen molar-refractivity contribution in [2.24, 2.45) is 0 Å². The lowest BCUT2D eigenvalue weighted by molar-refractivity contribution is -0.137. The Labute approximate surface area is 187 Å². The van der Waals surface area contributed by atoms with Crippen molar-refractivity contribution in [2.45, 2.75) is 6.18 Å². The van der Waals surface area contributed by atoms with Gasteiger partial charge < -0.3 is 9.73 Å². The normalized spacial score (nSPS) is 11.9. The molecule has 160 valence electrons. The topological polar surface area (TPSA) is 55.1 Å². The number of fused-ring (bicyclic) bond motifs is 3. The van der Waals surface area contributed by atoms with Crippen LogP contribution in [-0.2, 0) is 6.18 Å². The summed E-state index contributed by atoms with van der Waals surface area (Å²) in [6.07, 6.45) is -4.50. The van der Waals surface area contributed by atoms with Crippen LogP contribution in [0.3, 0.4) is 0 Å². The molecule has 1 N–H and O–H groups in total. The summed E-state index contributed by atoms with van der Waals surface area (Å²) < 4.78 is 44.6. The van der Waals surface area contributed by atoms with Crippen molar-refractivity contribution in [3.63, 3.8) is 0 Å². The van der Waals surface area contributed by atoms with Gasteiger partial charge in [0, 0.05) is 10.8 Å². The molecule has 0 radical (unpaired) electrons. The quantitative estimate of drug-likeness (QED) is 0.218. The number of benzene rings is 3. The molecule has 0 unspecified atom stereocenters. The third-order valence-electron chi connectivity index (χ3n) is 4.96. The van der Waals surface area contributed by atoms with Crippen LogP contribution in [0.1, 0.15) is 5.56 Å². The van der Waals surface area contributed by atoms with Gasteiger partial charge in [0.25, 0.3) is 0 Å². The average molecular weight is 473 g/mol. The van der Waals surface area contributed by atoms with Crippen molar-refractivity contribution in [2.75, 3.05) is 5.32 Å². The second kappa shape index (κ2) is 7.65. The minimum Gasteiger partial charge on any atom is -0.422 e. The molecule has 0 spiro atoms. The molecule has 0 fully saturated rings. The van der Waals surface area contributed by atoms with Crippen LogP contribution in [0, 0.1) is 0 Å². The fraction of sp³-hybridized carbons (Fsp3) is 0.0435. The van der Waals surface area contributed by atoms with Gasteiger partial charge in [-0.05, 0) is 41.1 Å². The van der Waals surface area contributed by atoms with E-state index in [0.29, 0.717) is 16.4 Å². The van der Waals surface area contributed by atoms with Crippen LogP contribution >= 0.6 is 22.9 Å². The molecule has 0 aliphatic rings. The second-order valence-electron chi connectivity index (χ2n) is 7.00. The minimum atomic E-state index is -4.50. The van der Waals surface area contributed by atoms with E-state index in [0.717, 1.165) is 39.6 Å². The van der Waals surface area contributed by atoms with E-state index in [1.165, 1.54) is 6.07 Å². The van der Waals surface area contributed by atoms with Crippen molar-refractivity contribution in [3.8, 4) is 11.3 Å². The van der Waals surface area contributed by atoms with Crippen molar-refractivity contribution in [3.05, 3.63) is 87.0 Å². The van der Waals surface area contributed by atoms with Crippen LogP contribution in [0.15, 0.2) is 75.3 Å². The number of hydrogen-bond acceptors (Lipinski definition) is 5. The van der Waals surface area contributed by atoms with E-state index in [9.17, 15) is 18.0 Å². The smallest absolute Gasteiger partial charge is 0.416 e. The predicted octanol–water partition coefficient (Wildman–Crippen LogP) is 7.49. The molecule has 9 heteroatoms. The Morgan fingerprint density at radius 2 is 1.81 bits per heavy atom. The van der Waals surface area contributed by atoms with Crippen LogP contribution in [0.25, 0.3) is 33.0 Å². The summed E-state index contributed by atoms with van der Waals surface area (Å²) in [5.41, 5.74) is -0.247. The van der Waals surface area contributed by atoms with E-state index in [4.69, 9.17) is 16.0 Å². The van der Waals surface area contributed by atoms with Crippen molar-refractivity contribution in [1.29, 1.82) is 0 Å². The second-order valence-corrected chi connectivity index (χ2v) is 8.27. The van der Waals surface area contributed by atoms with E-state index in [1.54, 1.807) is 17.5 Å². The molecule has 0 amide bonds. The van der Waals surface area contributed by atoms with Crippen LogP contribution < -0.4 is 10.9 Å². The molecule has 0 saturated heterocycles. The van der Waals surface area contributed by atoms with E-state index in [1.807, 2.05) is 30.3 Å². The first-order valence-electron chi connectivity index (χ1n) is 9.35. The van der Waals surface area contributed by atoms with E-state index in [-0.39, 0.29) is 16.3 Å². The van der Waals surface area contributed by atoms with Gasteiger partial charge in [0.05, 0.1) is 27.5 Å². The Morgan fingerprint density at radius 1 is 1.00 bits per heavy atom. The molecular weight excluding hydrogens is 461 g/mol. The van der Waals surface area contributed by atoms with Crippen LogP contribution in [-0.4, -0.2) is 4.98 Å². The van der Waals surface area contributed by atoms with Gasteiger partial charge in [-0.2, -0.15) is 13.2 Å². The summed E-state index contributed by atoms with van der Waals surface area (Å²) in [6.45, 7) is 0. The van der Waals surface area contributed by atoms with Gasteiger partial charge in [0.1, 0.15) is 5.58 Å². The maximum absolute atomic E-state index is 13.0. The maximum Gasteiger partial charge on any atom is 0.416 e. The molecule has 32 heavy (non-hydrogen) atoms. The molecule has 0 aliphatic heterocycles. The number of thiazole rings is 1. The van der Waals surface area contributed by atoms with Crippen molar-refractivity contribution < 1.29 is 17.6 Å². The zero-order valence-corrected chi connectivity index (χ0v) is 17.6. The summed E-state index contributed by atoms with van der Waals surface area (Å²) in [6, 6.07) is 16.1. The van der Waals surface area contributed by atoms with Gasteiger partial charge in [-0.25, -0.2) is 9.78 Å². The zero-order chi connectivity index (χ0) is 22.5. The number of anilines is 2. The summed E-state index contributed by atoms with van der Waals surface area (Å²) >= 11 is 7.18. The summed E-state index contributed by atoms with van der Waals surface area (Å²) in [4.78, 5) is 16.9. The zero-order valence-electron chi connectivity index (χ0n) is 16.0. The first kappa shape index (κ1) is 20.5. The molecule has 0 atom stereocenters. The van der Waals surface area contributed by atoms with Gasteiger partial charge in [0.15, 0.2) is 5.13 Å². The number of rotatable bonds is 3. The molecule has 2 aromatic heterocycles. The average Bonchev–Trinajstić information content (AvgIpc) is 3.22. The summed E-state index contributed by atoms with van der Waals surface area (Å²) in [5, 5.41) is 7.54. The largest absolute Gasteiger partial charge is 0.422 e. The Bertz CT molecular complexity index is 1540. The molecule has 2 heterocycles. The number of alkyl halides is 3. The highest BCUT2D eigenvalue weighted by molar-refractivity contribution is 7.14. The molecular formula is C23H12ClF3N2O2S. The van der Waals surface area contributed by atoms with Gasteiger partial charge in [-0.1, -0.05) is 41.9 Å². The highest BCUT2D eigenvalue weighted by Gasteiger charge is 2.31. The lowest BCUT2D eigenvalue weighted by Crippen LogP contribution is -2.05.